The number of ether oxygens (including phenoxy) is 1. The third-order valence-electron chi connectivity index (χ3n) is 2.62. The van der Waals surface area contributed by atoms with Gasteiger partial charge in [-0.2, -0.15) is 0 Å². The van der Waals surface area contributed by atoms with Gasteiger partial charge in [-0.15, -0.1) is 0 Å². The van der Waals surface area contributed by atoms with E-state index in [1.54, 1.807) is 20.8 Å². The number of amides is 2. The highest BCUT2D eigenvalue weighted by molar-refractivity contribution is 6.06. The van der Waals surface area contributed by atoms with Crippen LogP contribution < -0.4 is 0 Å². The van der Waals surface area contributed by atoms with Crippen LogP contribution in [0.15, 0.2) is 12.2 Å². The first kappa shape index (κ1) is 10.2. The molecule has 0 spiro atoms. The van der Waals surface area contributed by atoms with Gasteiger partial charge in [0.05, 0.1) is 6.04 Å². The molecule has 0 aromatic heterocycles. The van der Waals surface area contributed by atoms with Crippen molar-refractivity contribution in [2.45, 2.75) is 38.8 Å². The van der Waals surface area contributed by atoms with Gasteiger partial charge < -0.3 is 4.74 Å². The molecule has 15 heavy (non-hydrogen) atoms. The van der Waals surface area contributed by atoms with E-state index in [1.807, 2.05) is 0 Å². The van der Waals surface area contributed by atoms with E-state index in [4.69, 9.17) is 4.74 Å². The van der Waals surface area contributed by atoms with Crippen molar-refractivity contribution >= 4 is 12.0 Å². The second-order valence-corrected chi connectivity index (χ2v) is 5.09. The lowest BCUT2D eigenvalue weighted by atomic mass is 10.2. The largest absolute Gasteiger partial charge is 0.443 e. The summed E-state index contributed by atoms with van der Waals surface area (Å²) in [6.07, 6.45) is 0.308. The Kier molecular flexibility index (Phi) is 1.93. The van der Waals surface area contributed by atoms with Crippen LogP contribution in [0.3, 0.4) is 0 Å². The molecule has 4 nitrogen and oxygen atoms in total. The maximum absolute atomic E-state index is 11.7. The van der Waals surface area contributed by atoms with Crippen molar-refractivity contribution in [1.82, 2.24) is 4.90 Å². The molecule has 1 heterocycles. The third kappa shape index (κ3) is 1.64. The summed E-state index contributed by atoms with van der Waals surface area (Å²) in [4.78, 5) is 24.5. The van der Waals surface area contributed by atoms with Crippen molar-refractivity contribution < 1.29 is 14.3 Å². The molecule has 0 N–H and O–H groups in total. The molecule has 1 saturated heterocycles. The Labute approximate surface area is 88.9 Å². The minimum absolute atomic E-state index is 0.0137. The second kappa shape index (κ2) is 2.84. The Bertz CT molecular complexity index is 353. The average molecular weight is 209 g/mol. The van der Waals surface area contributed by atoms with Crippen molar-refractivity contribution in [3.8, 4) is 0 Å². The average Bonchev–Trinajstić information content (AvgIpc) is 2.75. The van der Waals surface area contributed by atoms with Crippen molar-refractivity contribution in [3.63, 3.8) is 0 Å². The van der Waals surface area contributed by atoms with Crippen LogP contribution in [0.5, 0.6) is 0 Å². The molecule has 4 heteroatoms. The van der Waals surface area contributed by atoms with Crippen molar-refractivity contribution in [2.75, 3.05) is 0 Å². The van der Waals surface area contributed by atoms with E-state index in [-0.39, 0.29) is 17.9 Å². The number of nitrogens with zero attached hydrogens (tertiary/aromatic N) is 1. The number of imide groups is 1. The summed E-state index contributed by atoms with van der Waals surface area (Å²) < 4.78 is 5.16. The van der Waals surface area contributed by atoms with Crippen LogP contribution in [0.1, 0.15) is 27.2 Å². The highest BCUT2D eigenvalue weighted by Crippen LogP contribution is 2.48. The first-order valence-electron chi connectivity index (χ1n) is 5.06. The summed E-state index contributed by atoms with van der Waals surface area (Å²) in [6, 6.07) is 0.0137. The molecular weight excluding hydrogens is 194 g/mol. The van der Waals surface area contributed by atoms with E-state index in [0.29, 0.717) is 5.57 Å². The van der Waals surface area contributed by atoms with Crippen LogP contribution in [0.2, 0.25) is 0 Å². The van der Waals surface area contributed by atoms with Crippen molar-refractivity contribution in [3.05, 3.63) is 12.2 Å². The van der Waals surface area contributed by atoms with Gasteiger partial charge in [-0.05, 0) is 27.2 Å². The zero-order valence-corrected chi connectivity index (χ0v) is 9.24. The van der Waals surface area contributed by atoms with Gasteiger partial charge in [0.2, 0.25) is 0 Å². The van der Waals surface area contributed by atoms with Gasteiger partial charge in [0, 0.05) is 11.5 Å². The zero-order valence-electron chi connectivity index (χ0n) is 9.24. The maximum atomic E-state index is 11.7. The van der Waals surface area contributed by atoms with Crippen molar-refractivity contribution in [2.24, 2.45) is 5.92 Å². The fourth-order valence-corrected chi connectivity index (χ4v) is 1.83. The van der Waals surface area contributed by atoms with Gasteiger partial charge in [-0.3, -0.25) is 4.79 Å². The number of rotatable bonds is 0. The number of carbonyl (C=O) groups is 2. The molecule has 2 atom stereocenters. The van der Waals surface area contributed by atoms with Gasteiger partial charge in [-0.1, -0.05) is 6.58 Å². The van der Waals surface area contributed by atoms with E-state index in [2.05, 4.69) is 6.58 Å². The summed E-state index contributed by atoms with van der Waals surface area (Å²) in [7, 11) is 0. The standard InChI is InChI=1S/C11H15NO3/c1-6-7-5-8(7)12(9(6)13)10(14)15-11(2,3)4/h7-8H,1,5H2,2-4H3. The van der Waals surface area contributed by atoms with Gasteiger partial charge >= 0.3 is 6.09 Å². The number of likely N-dealkylation sites (tertiary alicyclic amines) is 1. The van der Waals surface area contributed by atoms with E-state index in [0.717, 1.165) is 6.42 Å². The fourth-order valence-electron chi connectivity index (χ4n) is 1.83. The predicted octanol–water partition coefficient (Wildman–Crippen LogP) is 1.71. The quantitative estimate of drug-likeness (QED) is 0.570. The lowest BCUT2D eigenvalue weighted by Gasteiger charge is -2.24. The van der Waals surface area contributed by atoms with E-state index >= 15 is 0 Å². The first-order chi connectivity index (χ1) is 6.81. The molecule has 0 bridgehead atoms. The van der Waals surface area contributed by atoms with E-state index < -0.39 is 11.7 Å². The topological polar surface area (TPSA) is 46.6 Å². The lowest BCUT2D eigenvalue weighted by molar-refractivity contribution is -0.125. The summed E-state index contributed by atoms with van der Waals surface area (Å²) in [5, 5.41) is 0. The molecule has 1 aliphatic heterocycles. The zero-order chi connectivity index (χ0) is 11.4. The fraction of sp³-hybridized carbons (Fsp3) is 0.636. The molecule has 1 aliphatic carbocycles. The lowest BCUT2D eigenvalue weighted by Crippen LogP contribution is -2.39. The molecule has 2 unspecified atom stereocenters. The number of carbonyl (C=O) groups excluding carboxylic acids is 2. The van der Waals surface area contributed by atoms with Crippen LogP contribution in [0.4, 0.5) is 4.79 Å². The van der Waals surface area contributed by atoms with E-state index in [1.165, 1.54) is 4.90 Å². The molecule has 2 aliphatic rings. The molecule has 82 valence electrons. The minimum atomic E-state index is -0.564. The summed E-state index contributed by atoms with van der Waals surface area (Å²) in [5.41, 5.74) is -0.0167. The van der Waals surface area contributed by atoms with Crippen LogP contribution in [0.25, 0.3) is 0 Å². The third-order valence-corrected chi connectivity index (χ3v) is 2.62. The highest BCUT2D eigenvalue weighted by Gasteiger charge is 2.57. The Balaban J connectivity index is 2.09. The normalized spacial score (nSPS) is 29.1. The van der Waals surface area contributed by atoms with Gasteiger partial charge in [0.15, 0.2) is 0 Å². The molecular formula is C11H15NO3. The molecule has 2 rings (SSSR count). The van der Waals surface area contributed by atoms with Gasteiger partial charge in [0.1, 0.15) is 5.60 Å². The Morgan fingerprint density at radius 3 is 2.53 bits per heavy atom. The molecule has 0 radical (unpaired) electrons. The van der Waals surface area contributed by atoms with Crippen LogP contribution in [-0.4, -0.2) is 28.5 Å². The monoisotopic (exact) mass is 209 g/mol. The van der Waals surface area contributed by atoms with Crippen LogP contribution in [-0.2, 0) is 9.53 Å². The predicted molar refractivity (Wildman–Crippen MR) is 54.1 cm³/mol. The highest BCUT2D eigenvalue weighted by atomic mass is 16.6. The Hall–Kier alpha value is -1.32. The molecule has 1 saturated carbocycles. The molecule has 2 amide bonds. The second-order valence-electron chi connectivity index (χ2n) is 5.09. The molecule has 0 aromatic rings. The van der Waals surface area contributed by atoms with Crippen LogP contribution >= 0.6 is 0 Å². The first-order valence-corrected chi connectivity index (χ1v) is 5.06. The van der Waals surface area contributed by atoms with E-state index in [9.17, 15) is 9.59 Å². The maximum Gasteiger partial charge on any atom is 0.417 e. The number of piperidine rings is 1. The van der Waals surface area contributed by atoms with Crippen molar-refractivity contribution in [1.29, 1.82) is 0 Å². The summed E-state index contributed by atoms with van der Waals surface area (Å²) in [5.74, 6) is -0.0875. The SMILES string of the molecule is C=C1C(=O)N(C(=O)OC(C)(C)C)C2CC12. The molecule has 2 fully saturated rings. The minimum Gasteiger partial charge on any atom is -0.443 e. The Morgan fingerprint density at radius 1 is 1.53 bits per heavy atom. The summed E-state index contributed by atoms with van der Waals surface area (Å²) >= 11 is 0. The number of hydrogen-bond donors (Lipinski definition) is 0. The van der Waals surface area contributed by atoms with Crippen LogP contribution in [0, 0.1) is 5.92 Å². The Morgan fingerprint density at radius 2 is 2.13 bits per heavy atom. The molecule has 0 aromatic carbocycles. The summed E-state index contributed by atoms with van der Waals surface area (Å²) in [6.45, 7) is 9.04. The number of fused-ring (bicyclic) bond motifs is 1. The number of hydrogen-bond acceptors (Lipinski definition) is 3. The smallest absolute Gasteiger partial charge is 0.417 e. The van der Waals surface area contributed by atoms with Gasteiger partial charge in [0.25, 0.3) is 5.91 Å². The van der Waals surface area contributed by atoms with Gasteiger partial charge in [-0.25, -0.2) is 9.69 Å².